The highest BCUT2D eigenvalue weighted by Gasteiger charge is 2.39. The summed E-state index contributed by atoms with van der Waals surface area (Å²) in [6, 6.07) is 0.648. The molecule has 6 rings (SSSR count). The van der Waals surface area contributed by atoms with Gasteiger partial charge in [-0.15, -0.1) is 11.3 Å². The molecule has 3 aliphatic rings. The van der Waals surface area contributed by atoms with Crippen molar-refractivity contribution in [1.82, 2.24) is 24.8 Å². The average Bonchev–Trinajstić information content (AvgIpc) is 3.35. The van der Waals surface area contributed by atoms with Crippen LogP contribution >= 0.6 is 11.3 Å². The lowest BCUT2D eigenvalue weighted by atomic mass is 9.83. The van der Waals surface area contributed by atoms with Gasteiger partial charge in [0, 0.05) is 30.1 Å². The van der Waals surface area contributed by atoms with E-state index in [1.54, 1.807) is 23.7 Å². The van der Waals surface area contributed by atoms with Crippen LogP contribution in [0, 0.1) is 5.92 Å². The number of morpholine rings is 1. The van der Waals surface area contributed by atoms with Crippen molar-refractivity contribution in [3.8, 4) is 11.3 Å². The van der Waals surface area contributed by atoms with Crippen LogP contribution in [0.4, 0.5) is 11.9 Å². The fourth-order valence-corrected chi connectivity index (χ4v) is 6.84. The van der Waals surface area contributed by atoms with Gasteiger partial charge in [-0.3, -0.25) is 4.90 Å². The summed E-state index contributed by atoms with van der Waals surface area (Å²) < 4.78 is 6.87. The van der Waals surface area contributed by atoms with Gasteiger partial charge in [-0.1, -0.05) is 0 Å². The zero-order chi connectivity index (χ0) is 24.2. The van der Waals surface area contributed by atoms with E-state index < -0.39 is 5.60 Å². The minimum Gasteiger partial charge on any atom is -0.390 e. The first-order valence-corrected chi connectivity index (χ1v) is 13.4. The summed E-state index contributed by atoms with van der Waals surface area (Å²) in [5.74, 6) is 1.38. The number of piperidine rings is 1. The molecule has 6 heterocycles. The number of hydrogen-bond donors (Lipinski definition) is 2. The van der Waals surface area contributed by atoms with E-state index in [-0.39, 0.29) is 5.95 Å². The molecule has 3 saturated heterocycles. The average molecular weight is 496 g/mol. The molecule has 2 unspecified atom stereocenters. The molecule has 3 N–H and O–H groups in total. The summed E-state index contributed by atoms with van der Waals surface area (Å²) in [4.78, 5) is 23.5. The Morgan fingerprint density at radius 1 is 1.09 bits per heavy atom. The van der Waals surface area contributed by atoms with Crippen molar-refractivity contribution < 1.29 is 9.84 Å². The monoisotopic (exact) mass is 495 g/mol. The van der Waals surface area contributed by atoms with Crippen molar-refractivity contribution in [2.75, 3.05) is 36.9 Å². The second-order valence-corrected chi connectivity index (χ2v) is 11.6. The summed E-state index contributed by atoms with van der Waals surface area (Å²) in [7, 11) is 0. The minimum atomic E-state index is -0.614. The molecular formula is C25H33N7O2S. The normalized spacial score (nSPS) is 23.9. The predicted octanol–water partition coefficient (Wildman–Crippen LogP) is 3.08. The highest BCUT2D eigenvalue weighted by molar-refractivity contribution is 7.17. The Hall–Kier alpha value is -2.40. The largest absolute Gasteiger partial charge is 0.390 e. The number of nitrogens with zero attached hydrogens (tertiary/aromatic N) is 6. The number of anilines is 2. The van der Waals surface area contributed by atoms with Gasteiger partial charge in [-0.25, -0.2) is 19.9 Å². The van der Waals surface area contributed by atoms with Crippen LogP contribution in [0.5, 0.6) is 0 Å². The van der Waals surface area contributed by atoms with Gasteiger partial charge in [0.1, 0.15) is 0 Å². The fourth-order valence-electron chi connectivity index (χ4n) is 5.83. The number of aromatic nitrogens is 4. The molecule has 0 saturated carbocycles. The quantitative estimate of drug-likeness (QED) is 0.551. The Balaban J connectivity index is 1.36. The molecule has 0 aromatic carbocycles. The van der Waals surface area contributed by atoms with Gasteiger partial charge in [-0.05, 0) is 63.9 Å². The lowest BCUT2D eigenvalue weighted by Crippen LogP contribution is -2.46. The number of nitrogens with two attached hydrogens (primary N) is 1. The van der Waals surface area contributed by atoms with E-state index in [0.717, 1.165) is 86.0 Å². The molecular weight excluding hydrogens is 462 g/mol. The third kappa shape index (κ3) is 4.37. The number of likely N-dealkylation sites (tertiary alicyclic amines) is 1. The molecule has 2 bridgehead atoms. The smallest absolute Gasteiger partial charge is 0.227 e. The first-order valence-electron chi connectivity index (χ1n) is 12.5. The number of rotatable bonds is 5. The molecule has 3 aromatic heterocycles. The third-order valence-corrected chi connectivity index (χ3v) is 8.90. The molecule has 0 aliphatic carbocycles. The third-order valence-electron chi connectivity index (χ3n) is 7.87. The number of hydrogen-bond acceptors (Lipinski definition) is 10. The Kier molecular flexibility index (Phi) is 5.87. The van der Waals surface area contributed by atoms with Gasteiger partial charge in [0.05, 0.1) is 46.8 Å². The zero-order valence-corrected chi connectivity index (χ0v) is 21.2. The summed E-state index contributed by atoms with van der Waals surface area (Å²) in [6.07, 6.45) is 7.75. The Morgan fingerprint density at radius 3 is 2.43 bits per heavy atom. The van der Waals surface area contributed by atoms with Crippen molar-refractivity contribution >= 4 is 33.5 Å². The number of nitrogen functional groups attached to an aromatic ring is 1. The molecule has 3 fully saturated rings. The van der Waals surface area contributed by atoms with Crippen LogP contribution in [0.3, 0.4) is 0 Å². The predicted molar refractivity (Wildman–Crippen MR) is 137 cm³/mol. The highest BCUT2D eigenvalue weighted by atomic mass is 32.1. The van der Waals surface area contributed by atoms with E-state index in [1.165, 1.54) is 5.56 Å². The molecule has 10 heteroatoms. The van der Waals surface area contributed by atoms with Crippen molar-refractivity contribution in [3.05, 3.63) is 23.3 Å². The summed E-state index contributed by atoms with van der Waals surface area (Å²) in [5.41, 5.74) is 9.11. The fraction of sp³-hybridized carbons (Fsp3) is 0.600. The van der Waals surface area contributed by atoms with Crippen molar-refractivity contribution in [3.63, 3.8) is 0 Å². The Bertz CT molecular complexity index is 1180. The molecule has 186 valence electrons. The van der Waals surface area contributed by atoms with Crippen LogP contribution in [-0.2, 0) is 11.3 Å². The van der Waals surface area contributed by atoms with Gasteiger partial charge < -0.3 is 20.5 Å². The number of fused-ring (bicyclic) bond motifs is 3. The molecule has 3 aromatic rings. The zero-order valence-electron chi connectivity index (χ0n) is 20.4. The van der Waals surface area contributed by atoms with Gasteiger partial charge in [0.25, 0.3) is 0 Å². The summed E-state index contributed by atoms with van der Waals surface area (Å²) in [5, 5.41) is 12.6. The van der Waals surface area contributed by atoms with Crippen LogP contribution in [-0.4, -0.2) is 73.9 Å². The first-order chi connectivity index (χ1) is 16.9. The first kappa shape index (κ1) is 23.0. The van der Waals surface area contributed by atoms with Crippen LogP contribution in [0.1, 0.15) is 45.1 Å². The van der Waals surface area contributed by atoms with Crippen molar-refractivity contribution in [2.24, 2.45) is 5.92 Å². The van der Waals surface area contributed by atoms with Crippen LogP contribution in [0.2, 0.25) is 0 Å². The van der Waals surface area contributed by atoms with E-state index >= 15 is 0 Å². The second-order valence-electron chi connectivity index (χ2n) is 10.7. The number of aliphatic hydroxyl groups is 1. The number of ether oxygens (including phenoxy) is 1. The van der Waals surface area contributed by atoms with Crippen LogP contribution < -0.4 is 10.6 Å². The second kappa shape index (κ2) is 8.92. The molecule has 0 radical (unpaired) electrons. The molecule has 0 amide bonds. The molecule has 3 aliphatic heterocycles. The maximum atomic E-state index is 10.4. The standard InChI is InChI=1S/C25H33N7O2S/c1-25(2,33)17-5-7-31(8-6-17)11-16-14-35-22-20(15-9-27-23(26)28-10-15)29-24(30-21(16)22)32-18-3-4-19(32)13-34-12-18/h9-10,14,17-19,33H,3-8,11-13H2,1-2H3,(H2,26,27,28). The van der Waals surface area contributed by atoms with Crippen LogP contribution in [0.15, 0.2) is 17.8 Å². The SMILES string of the molecule is CC(C)(O)C1CCN(Cc2csc3c(-c4cnc(N)nc4)nc(N4C5CCC4COC5)nc23)CC1. The van der Waals surface area contributed by atoms with E-state index in [1.807, 2.05) is 13.8 Å². The lowest BCUT2D eigenvalue weighted by Gasteiger charge is -2.37. The summed E-state index contributed by atoms with van der Waals surface area (Å²) >= 11 is 1.68. The summed E-state index contributed by atoms with van der Waals surface area (Å²) in [6.45, 7) is 8.13. The maximum absolute atomic E-state index is 10.4. The molecule has 2 atom stereocenters. The van der Waals surface area contributed by atoms with Gasteiger partial charge in [0.15, 0.2) is 0 Å². The van der Waals surface area contributed by atoms with E-state index in [2.05, 4.69) is 25.1 Å². The molecule has 35 heavy (non-hydrogen) atoms. The van der Waals surface area contributed by atoms with Gasteiger partial charge in [0.2, 0.25) is 11.9 Å². The van der Waals surface area contributed by atoms with E-state index in [4.69, 9.17) is 20.4 Å². The van der Waals surface area contributed by atoms with Gasteiger partial charge in [-0.2, -0.15) is 0 Å². The molecule has 9 nitrogen and oxygen atoms in total. The Labute approximate surface area is 209 Å². The maximum Gasteiger partial charge on any atom is 0.227 e. The van der Waals surface area contributed by atoms with Gasteiger partial charge >= 0.3 is 0 Å². The minimum absolute atomic E-state index is 0.256. The van der Waals surface area contributed by atoms with E-state index in [0.29, 0.717) is 18.0 Å². The highest BCUT2D eigenvalue weighted by Crippen LogP contribution is 2.39. The lowest BCUT2D eigenvalue weighted by molar-refractivity contribution is -0.0135. The van der Waals surface area contributed by atoms with Crippen molar-refractivity contribution in [1.29, 1.82) is 0 Å². The van der Waals surface area contributed by atoms with E-state index in [9.17, 15) is 5.11 Å². The van der Waals surface area contributed by atoms with Crippen LogP contribution in [0.25, 0.3) is 21.5 Å². The topological polar surface area (TPSA) is 114 Å². The van der Waals surface area contributed by atoms with Crippen molar-refractivity contribution in [2.45, 2.75) is 63.8 Å². The number of thiophene rings is 1. The Morgan fingerprint density at radius 2 is 1.77 bits per heavy atom. The molecule has 0 spiro atoms.